The summed E-state index contributed by atoms with van der Waals surface area (Å²) in [6.45, 7) is 13.6. The van der Waals surface area contributed by atoms with Crippen molar-refractivity contribution in [3.8, 4) is 11.1 Å². The Bertz CT molecular complexity index is 1120. The van der Waals surface area contributed by atoms with Crippen LogP contribution in [-0.2, 0) is 40.6 Å². The molecular weight excluding hydrogens is 647 g/mol. The predicted octanol–water partition coefficient (Wildman–Crippen LogP) is 5.26. The summed E-state index contributed by atoms with van der Waals surface area (Å²) in [5, 5.41) is 0. The fourth-order valence-electron chi connectivity index (χ4n) is 6.51. The van der Waals surface area contributed by atoms with Crippen molar-refractivity contribution < 1.29 is 48.1 Å². The third-order valence-corrected chi connectivity index (χ3v) is 18.0. The average molecular weight is 699 g/mol. The molecule has 42 heavy (non-hydrogen) atoms. The van der Waals surface area contributed by atoms with Gasteiger partial charge in [-0.3, -0.25) is 0 Å². The first-order chi connectivity index (χ1) is 19.0. The molecular formula is C38H52Cl2SiZr-2. The molecule has 0 unspecified atom stereocenters. The number of hydrogen-bond donors (Lipinski definition) is 0. The molecule has 3 aliphatic carbocycles. The first-order valence-electron chi connectivity index (χ1n) is 16.0. The Kier molecular flexibility index (Phi) is 15.5. The van der Waals surface area contributed by atoms with Gasteiger partial charge in [0.25, 0.3) is 0 Å². The summed E-state index contributed by atoms with van der Waals surface area (Å²) < 4.78 is 0. The molecule has 228 valence electrons. The van der Waals surface area contributed by atoms with Gasteiger partial charge in [0, 0.05) is 0 Å². The minimum atomic E-state index is 0. The molecule has 0 saturated heterocycles. The van der Waals surface area contributed by atoms with Gasteiger partial charge in [-0.15, -0.1) is 11.1 Å². The first kappa shape index (κ1) is 37.7. The Morgan fingerprint density at radius 1 is 0.714 bits per heavy atom. The van der Waals surface area contributed by atoms with Crippen LogP contribution in [0.3, 0.4) is 0 Å². The monoisotopic (exact) mass is 696 g/mol. The van der Waals surface area contributed by atoms with E-state index in [4.69, 9.17) is 0 Å². The SMILES string of the molecule is CC(C)(C)c1[c-]c2c(cc1)-c1ccc(C(C)(C)C)cc1C2.[Cl-].[Cl-].[Zr+2]=[Si](C1CCCCC1)C1CCCCC1.c1cc[cH-]c1. The van der Waals surface area contributed by atoms with E-state index in [2.05, 4.69) is 77.9 Å². The molecule has 3 aliphatic rings. The Balaban J connectivity index is 0.000000253. The van der Waals surface area contributed by atoms with Crippen LogP contribution in [0, 0.1) is 6.07 Å². The van der Waals surface area contributed by atoms with Crippen LogP contribution >= 0.6 is 0 Å². The molecule has 0 radical (unpaired) electrons. The van der Waals surface area contributed by atoms with Crippen LogP contribution in [-0.4, -0.2) is 5.43 Å². The molecule has 4 heteroatoms. The van der Waals surface area contributed by atoms with E-state index in [1.165, 1.54) is 57.3 Å². The summed E-state index contributed by atoms with van der Waals surface area (Å²) in [5.74, 6) is 0. The molecule has 0 amide bonds. The Morgan fingerprint density at radius 2 is 1.24 bits per heavy atom. The largest absolute Gasteiger partial charge is 0.214 e. The molecule has 0 nitrogen and oxygen atoms in total. The van der Waals surface area contributed by atoms with E-state index in [0.29, 0.717) is 0 Å². The van der Waals surface area contributed by atoms with Crippen molar-refractivity contribution in [1.82, 2.24) is 0 Å². The van der Waals surface area contributed by atoms with E-state index in [1.807, 2.05) is 53.7 Å². The minimum Gasteiger partial charge on any atom is -0.214 e. The topological polar surface area (TPSA) is 0 Å². The summed E-state index contributed by atoms with van der Waals surface area (Å²) in [7, 11) is 0. The van der Waals surface area contributed by atoms with Crippen molar-refractivity contribution in [3.05, 3.63) is 89.0 Å². The van der Waals surface area contributed by atoms with Gasteiger partial charge in [-0.2, -0.15) is 42.0 Å². The van der Waals surface area contributed by atoms with Crippen molar-refractivity contribution in [2.45, 2.75) is 134 Å². The van der Waals surface area contributed by atoms with Crippen LogP contribution in [0.4, 0.5) is 0 Å². The number of rotatable bonds is 2. The Morgan fingerprint density at radius 3 is 1.69 bits per heavy atom. The first-order valence-corrected chi connectivity index (χ1v) is 21.3. The van der Waals surface area contributed by atoms with E-state index >= 15 is 0 Å². The third-order valence-electron chi connectivity index (χ3n) is 9.11. The molecule has 2 fully saturated rings. The maximum absolute atomic E-state index is 3.67. The van der Waals surface area contributed by atoms with E-state index in [0.717, 1.165) is 6.42 Å². The fraction of sp³-hybridized carbons (Fsp3) is 0.553. The summed E-state index contributed by atoms with van der Waals surface area (Å²) in [6.07, 6.45) is 16.7. The van der Waals surface area contributed by atoms with Gasteiger partial charge in [-0.1, -0.05) is 65.3 Å². The molecule has 6 rings (SSSR count). The Hall–Kier alpha value is -0.530. The van der Waals surface area contributed by atoms with Crippen LogP contribution in [0.25, 0.3) is 11.1 Å². The maximum atomic E-state index is 3.67. The average Bonchev–Trinajstić information content (AvgIpc) is 3.64. The number of benzene rings is 2. The van der Waals surface area contributed by atoms with Crippen molar-refractivity contribution in [2.24, 2.45) is 0 Å². The summed E-state index contributed by atoms with van der Waals surface area (Å²) in [4.78, 5) is 0. The molecule has 3 aromatic carbocycles. The Labute approximate surface area is 285 Å². The van der Waals surface area contributed by atoms with Crippen molar-refractivity contribution in [3.63, 3.8) is 0 Å². The zero-order valence-corrected chi connectivity index (χ0v) is 31.9. The second-order valence-electron chi connectivity index (χ2n) is 14.4. The van der Waals surface area contributed by atoms with E-state index in [9.17, 15) is 0 Å². The minimum absolute atomic E-state index is 0. The predicted molar refractivity (Wildman–Crippen MR) is 172 cm³/mol. The van der Waals surface area contributed by atoms with Gasteiger partial charge in [0.1, 0.15) is 0 Å². The van der Waals surface area contributed by atoms with E-state index in [-0.39, 0.29) is 41.1 Å². The van der Waals surface area contributed by atoms with Gasteiger partial charge in [0.2, 0.25) is 0 Å². The van der Waals surface area contributed by atoms with Gasteiger partial charge in [-0.25, -0.2) is 12.1 Å². The summed E-state index contributed by atoms with van der Waals surface area (Å²) >= 11 is 1.95. The molecule has 0 atom stereocenters. The van der Waals surface area contributed by atoms with E-state index in [1.54, 1.807) is 51.4 Å². The van der Waals surface area contributed by atoms with Gasteiger partial charge in [0.05, 0.1) is 0 Å². The smallest absolute Gasteiger partial charge is 0.172 e. The van der Waals surface area contributed by atoms with Gasteiger partial charge in [0.15, 0.2) is 0 Å². The standard InChI is InChI=1S/C21H25.C12H22Si.C5H5.2ClH.Zr/c1-20(2,3)16-7-9-18-14(12-16)11-15-13-17(21(4,5)6)8-10-19(15)18;1-3-7-11(8-4-1)13-12-9-5-2-6-10-12;1-2-4-5-3-1;;;/h7-10,12H,11H2,1-6H3;11-12H,1-10H2;1-5H;2*1H;/q-1;;-1;;;+2/p-2. The van der Waals surface area contributed by atoms with Crippen LogP contribution in [0.2, 0.25) is 11.1 Å². The quantitative estimate of drug-likeness (QED) is 0.198. The van der Waals surface area contributed by atoms with Crippen molar-refractivity contribution in [1.29, 1.82) is 0 Å². The molecule has 0 bridgehead atoms. The van der Waals surface area contributed by atoms with Gasteiger partial charge < -0.3 is 24.8 Å². The van der Waals surface area contributed by atoms with Crippen LogP contribution in [0.15, 0.2) is 60.7 Å². The molecule has 0 aliphatic heterocycles. The number of fused-ring (bicyclic) bond motifs is 3. The molecule has 0 aromatic heterocycles. The second-order valence-corrected chi connectivity index (χ2v) is 21.2. The normalized spacial score (nSPS) is 16.8. The van der Waals surface area contributed by atoms with E-state index < -0.39 is 0 Å². The van der Waals surface area contributed by atoms with Crippen LogP contribution in [0.5, 0.6) is 0 Å². The zero-order valence-electron chi connectivity index (χ0n) is 27.0. The maximum Gasteiger partial charge on any atom is -0.172 e. The third kappa shape index (κ3) is 10.5. The zero-order chi connectivity index (χ0) is 28.8. The van der Waals surface area contributed by atoms with Gasteiger partial charge in [-0.05, 0) is 28.4 Å². The molecule has 0 heterocycles. The van der Waals surface area contributed by atoms with Crippen LogP contribution < -0.4 is 24.8 Å². The molecule has 3 aromatic rings. The molecule has 2 saturated carbocycles. The van der Waals surface area contributed by atoms with Crippen molar-refractivity contribution >= 4 is 5.43 Å². The van der Waals surface area contributed by atoms with Crippen molar-refractivity contribution in [2.75, 3.05) is 0 Å². The number of halogens is 2. The fourth-order valence-corrected chi connectivity index (χ4v) is 13.5. The molecule has 0 spiro atoms. The van der Waals surface area contributed by atoms with Gasteiger partial charge >= 0.3 is 104 Å². The second kappa shape index (κ2) is 17.2. The summed E-state index contributed by atoms with van der Waals surface area (Å²) in [6, 6.07) is 25.2. The summed E-state index contributed by atoms with van der Waals surface area (Å²) in [5.41, 5.74) is 11.3. The molecule has 0 N–H and O–H groups in total. The number of hydrogen-bond acceptors (Lipinski definition) is 0. The van der Waals surface area contributed by atoms with Crippen LogP contribution in [0.1, 0.15) is 128 Å².